The van der Waals surface area contributed by atoms with Crippen molar-refractivity contribution < 1.29 is 14.3 Å². The van der Waals surface area contributed by atoms with Crippen molar-refractivity contribution in [1.29, 1.82) is 0 Å². The fourth-order valence-corrected chi connectivity index (χ4v) is 2.07. The molecule has 1 aliphatic rings. The fraction of sp³-hybridized carbons (Fsp3) is 0.417. The van der Waals surface area contributed by atoms with E-state index in [4.69, 9.17) is 9.47 Å². The Hall–Kier alpha value is -0.870. The minimum absolute atomic E-state index is 0.0523. The first kappa shape index (κ1) is 11.6. The number of ether oxygens (including phenoxy) is 2. The van der Waals surface area contributed by atoms with Crippen LogP contribution in [0.1, 0.15) is 23.7 Å². The number of carbonyl (C=O) groups excluding carboxylic acids is 1. The largest absolute Gasteiger partial charge is 0.487 e. The molecular formula is C12H13BrO3. The van der Waals surface area contributed by atoms with Crippen LogP contribution in [0.25, 0.3) is 0 Å². The first-order chi connectivity index (χ1) is 7.66. The normalized spacial score (nSPS) is 19.8. The maximum Gasteiger partial charge on any atom is 0.159 e. The quantitative estimate of drug-likeness (QED) is 0.801. The Morgan fingerprint density at radius 3 is 2.94 bits per heavy atom. The summed E-state index contributed by atoms with van der Waals surface area (Å²) in [6.07, 6.45) is 1.04. The number of hydrogen-bond acceptors (Lipinski definition) is 3. The van der Waals surface area contributed by atoms with Gasteiger partial charge in [0.1, 0.15) is 11.9 Å². The van der Waals surface area contributed by atoms with Crippen LogP contribution in [0.2, 0.25) is 0 Å². The van der Waals surface area contributed by atoms with Crippen molar-refractivity contribution in [2.24, 2.45) is 0 Å². The molecule has 0 aromatic heterocycles. The molecule has 1 aromatic rings. The van der Waals surface area contributed by atoms with Gasteiger partial charge < -0.3 is 9.47 Å². The van der Waals surface area contributed by atoms with E-state index in [1.54, 1.807) is 19.1 Å². The van der Waals surface area contributed by atoms with Crippen molar-refractivity contribution in [2.75, 3.05) is 13.2 Å². The highest BCUT2D eigenvalue weighted by Crippen LogP contribution is 2.28. The molecule has 1 heterocycles. The minimum Gasteiger partial charge on any atom is -0.487 e. The Balaban J connectivity index is 2.12. The van der Waals surface area contributed by atoms with Crippen LogP contribution >= 0.6 is 15.9 Å². The maximum atomic E-state index is 11.2. The van der Waals surface area contributed by atoms with Crippen LogP contribution in [-0.2, 0) is 4.74 Å². The summed E-state index contributed by atoms with van der Waals surface area (Å²) in [5.41, 5.74) is 0.682. The summed E-state index contributed by atoms with van der Waals surface area (Å²) < 4.78 is 11.8. The van der Waals surface area contributed by atoms with Crippen LogP contribution in [-0.4, -0.2) is 25.1 Å². The van der Waals surface area contributed by atoms with Gasteiger partial charge in [0.25, 0.3) is 0 Å². The molecule has 1 aromatic carbocycles. The summed E-state index contributed by atoms with van der Waals surface area (Å²) in [5, 5.41) is 0. The predicted molar refractivity (Wildman–Crippen MR) is 64.0 cm³/mol. The molecule has 1 saturated heterocycles. The molecule has 0 bridgehead atoms. The van der Waals surface area contributed by atoms with Crippen molar-refractivity contribution in [3.63, 3.8) is 0 Å². The zero-order valence-electron chi connectivity index (χ0n) is 9.03. The van der Waals surface area contributed by atoms with E-state index < -0.39 is 0 Å². The molecule has 86 valence electrons. The summed E-state index contributed by atoms with van der Waals surface area (Å²) >= 11 is 3.40. The third-order valence-corrected chi connectivity index (χ3v) is 3.14. The minimum atomic E-state index is 0.0523. The van der Waals surface area contributed by atoms with Crippen molar-refractivity contribution in [3.05, 3.63) is 28.2 Å². The van der Waals surface area contributed by atoms with Crippen molar-refractivity contribution in [3.8, 4) is 5.75 Å². The average molecular weight is 285 g/mol. The molecule has 3 nitrogen and oxygen atoms in total. The SMILES string of the molecule is CC(=O)c1ccc(OC2CCOC2)c(Br)c1. The number of benzene rings is 1. The highest BCUT2D eigenvalue weighted by molar-refractivity contribution is 9.10. The molecule has 2 rings (SSSR count). The maximum absolute atomic E-state index is 11.2. The number of rotatable bonds is 3. The van der Waals surface area contributed by atoms with E-state index >= 15 is 0 Å². The molecule has 16 heavy (non-hydrogen) atoms. The number of carbonyl (C=O) groups is 1. The van der Waals surface area contributed by atoms with Gasteiger partial charge in [-0.1, -0.05) is 0 Å². The molecular weight excluding hydrogens is 272 g/mol. The highest BCUT2D eigenvalue weighted by atomic mass is 79.9. The van der Waals surface area contributed by atoms with Gasteiger partial charge in [0.15, 0.2) is 5.78 Å². The van der Waals surface area contributed by atoms with Gasteiger partial charge in [-0.3, -0.25) is 4.79 Å². The second-order valence-corrected chi connectivity index (χ2v) is 4.66. The fourth-order valence-electron chi connectivity index (χ4n) is 1.60. The average Bonchev–Trinajstić information content (AvgIpc) is 2.73. The number of ketones is 1. The molecule has 0 amide bonds. The number of Topliss-reactive ketones (excluding diaryl/α,β-unsaturated/α-hetero) is 1. The van der Waals surface area contributed by atoms with Gasteiger partial charge >= 0.3 is 0 Å². The van der Waals surface area contributed by atoms with E-state index in [-0.39, 0.29) is 11.9 Å². The summed E-state index contributed by atoms with van der Waals surface area (Å²) in [5.74, 6) is 0.817. The van der Waals surface area contributed by atoms with Crippen molar-refractivity contribution in [2.45, 2.75) is 19.4 Å². The Kier molecular flexibility index (Phi) is 3.61. The van der Waals surface area contributed by atoms with Gasteiger partial charge in [0.05, 0.1) is 17.7 Å². The third kappa shape index (κ3) is 2.62. The monoisotopic (exact) mass is 284 g/mol. The van der Waals surface area contributed by atoms with Crippen molar-refractivity contribution in [1.82, 2.24) is 0 Å². The van der Waals surface area contributed by atoms with Gasteiger partial charge in [0, 0.05) is 12.0 Å². The van der Waals surface area contributed by atoms with Gasteiger partial charge in [-0.05, 0) is 41.1 Å². The highest BCUT2D eigenvalue weighted by Gasteiger charge is 2.18. The van der Waals surface area contributed by atoms with Crippen LogP contribution in [0.4, 0.5) is 0 Å². The zero-order valence-corrected chi connectivity index (χ0v) is 10.6. The van der Waals surface area contributed by atoms with E-state index in [0.717, 1.165) is 23.2 Å². The summed E-state index contributed by atoms with van der Waals surface area (Å²) in [7, 11) is 0. The Bertz CT molecular complexity index is 397. The summed E-state index contributed by atoms with van der Waals surface area (Å²) in [4.78, 5) is 11.2. The molecule has 1 atom stereocenters. The van der Waals surface area contributed by atoms with Gasteiger partial charge in [0.2, 0.25) is 0 Å². The topological polar surface area (TPSA) is 35.5 Å². The van der Waals surface area contributed by atoms with E-state index in [2.05, 4.69) is 15.9 Å². The van der Waals surface area contributed by atoms with Crippen LogP contribution in [0, 0.1) is 0 Å². The number of halogens is 1. The van der Waals surface area contributed by atoms with Gasteiger partial charge in [-0.25, -0.2) is 0 Å². The second-order valence-electron chi connectivity index (χ2n) is 3.80. The molecule has 0 radical (unpaired) electrons. The third-order valence-electron chi connectivity index (χ3n) is 2.52. The lowest BCUT2D eigenvalue weighted by Gasteiger charge is -2.13. The molecule has 1 fully saturated rings. The van der Waals surface area contributed by atoms with E-state index in [0.29, 0.717) is 12.2 Å². The molecule has 0 saturated carbocycles. The Labute approximate surface area is 103 Å². The molecule has 0 N–H and O–H groups in total. The van der Waals surface area contributed by atoms with Crippen LogP contribution < -0.4 is 4.74 Å². The van der Waals surface area contributed by atoms with Crippen LogP contribution in [0.5, 0.6) is 5.75 Å². The van der Waals surface area contributed by atoms with Crippen LogP contribution in [0.15, 0.2) is 22.7 Å². The molecule has 1 aliphatic heterocycles. The molecule has 0 aliphatic carbocycles. The smallest absolute Gasteiger partial charge is 0.159 e. The van der Waals surface area contributed by atoms with Crippen LogP contribution in [0.3, 0.4) is 0 Å². The molecule has 4 heteroatoms. The molecule has 1 unspecified atom stereocenters. The first-order valence-electron chi connectivity index (χ1n) is 5.21. The second kappa shape index (κ2) is 4.97. The lowest BCUT2D eigenvalue weighted by Crippen LogP contribution is -2.16. The first-order valence-corrected chi connectivity index (χ1v) is 6.01. The van der Waals surface area contributed by atoms with Gasteiger partial charge in [-0.2, -0.15) is 0 Å². The lowest BCUT2D eigenvalue weighted by atomic mass is 10.1. The standard InChI is InChI=1S/C12H13BrO3/c1-8(14)9-2-3-12(11(13)6-9)16-10-4-5-15-7-10/h2-3,6,10H,4-5,7H2,1H3. The predicted octanol–water partition coefficient (Wildman–Crippen LogP) is 2.82. The Morgan fingerprint density at radius 1 is 1.56 bits per heavy atom. The van der Waals surface area contributed by atoms with E-state index in [1.807, 2.05) is 6.07 Å². The summed E-state index contributed by atoms with van der Waals surface area (Å²) in [6.45, 7) is 2.95. The van der Waals surface area contributed by atoms with Crippen molar-refractivity contribution >= 4 is 21.7 Å². The van der Waals surface area contributed by atoms with Gasteiger partial charge in [-0.15, -0.1) is 0 Å². The number of hydrogen-bond donors (Lipinski definition) is 0. The molecule has 0 spiro atoms. The van der Waals surface area contributed by atoms with E-state index in [1.165, 1.54) is 0 Å². The summed E-state index contributed by atoms with van der Waals surface area (Å²) in [6, 6.07) is 5.38. The lowest BCUT2D eigenvalue weighted by molar-refractivity contribution is 0.101. The Morgan fingerprint density at radius 2 is 2.38 bits per heavy atom. The van der Waals surface area contributed by atoms with E-state index in [9.17, 15) is 4.79 Å². The zero-order chi connectivity index (χ0) is 11.5.